The second-order valence-corrected chi connectivity index (χ2v) is 28.6. The minimum Gasteiger partial charge on any atom is -0.126 e. The molecule has 15 heavy (non-hydrogen) atoms. The topological polar surface area (TPSA) is 0 Å². The van der Waals surface area contributed by atoms with Crippen LogP contribution in [0.2, 0.25) is 23.4 Å². The van der Waals surface area contributed by atoms with E-state index >= 15 is 0 Å². The summed E-state index contributed by atoms with van der Waals surface area (Å²) < 4.78 is 0. The van der Waals surface area contributed by atoms with Crippen LogP contribution in [0.5, 0.6) is 0 Å². The lowest BCUT2D eigenvalue weighted by Crippen LogP contribution is -2.43. The lowest BCUT2D eigenvalue weighted by Gasteiger charge is -2.33. The van der Waals surface area contributed by atoms with E-state index in [1.54, 1.807) is 0 Å². The second kappa shape index (κ2) is 6.53. The van der Waals surface area contributed by atoms with Gasteiger partial charge in [-0.15, -0.1) is 66.5 Å². The van der Waals surface area contributed by atoms with Gasteiger partial charge >= 0.3 is 12.0 Å². The Morgan fingerprint density at radius 1 is 0.667 bits per heavy atom. The minimum atomic E-state index is -2.61. The first kappa shape index (κ1) is 17.4. The largest absolute Gasteiger partial charge is 0.339 e. The predicted molar refractivity (Wildman–Crippen MR) is 83.0 cm³/mol. The van der Waals surface area contributed by atoms with Gasteiger partial charge in [-0.25, -0.2) is 0 Å². The molecule has 0 aromatic carbocycles. The Labute approximate surface area is 123 Å². The predicted octanol–water partition coefficient (Wildman–Crippen LogP) is 5.86. The third-order valence-electron chi connectivity index (χ3n) is 2.65. The van der Waals surface area contributed by atoms with E-state index in [-0.39, 0.29) is 0 Å². The summed E-state index contributed by atoms with van der Waals surface area (Å²) in [6, 6.07) is -3.18. The first-order valence-electron chi connectivity index (χ1n) is 4.67. The fourth-order valence-corrected chi connectivity index (χ4v) is 29.9. The zero-order chi connectivity index (χ0) is 12.3. The highest BCUT2D eigenvalue weighted by Gasteiger charge is 2.45. The van der Waals surface area contributed by atoms with E-state index in [0.717, 1.165) is 12.1 Å². The van der Waals surface area contributed by atoms with Gasteiger partial charge in [-0.05, 0) is 11.3 Å². The summed E-state index contributed by atoms with van der Waals surface area (Å²) in [5.41, 5.74) is 1.41. The summed E-state index contributed by atoms with van der Waals surface area (Å²) in [4.78, 5) is 0. The van der Waals surface area contributed by atoms with Gasteiger partial charge in [0.05, 0.1) is 8.07 Å². The lowest BCUT2D eigenvalue weighted by atomic mass is 10.9. The zero-order valence-corrected chi connectivity index (χ0v) is 16.1. The molecule has 0 heterocycles. The standard InChI is InChI=1S/C6H14Cl6Si3/c1-3-13(4-2,5-14(7,8)9)6-15(10,11)12/h3-6H2,1-2H3. The Hall–Kier alpha value is 2.39. The van der Waals surface area contributed by atoms with Crippen LogP contribution in [0.25, 0.3) is 0 Å². The molecule has 0 aromatic rings. The van der Waals surface area contributed by atoms with Crippen LogP contribution in [-0.4, -0.2) is 20.1 Å². The summed E-state index contributed by atoms with van der Waals surface area (Å²) >= 11 is 36.0. The molecule has 9 heteroatoms. The maximum Gasteiger partial charge on any atom is 0.339 e. The van der Waals surface area contributed by atoms with E-state index in [9.17, 15) is 0 Å². The number of halogens is 6. The molecule has 0 spiro atoms. The van der Waals surface area contributed by atoms with Crippen molar-refractivity contribution >= 4 is 86.6 Å². The first-order chi connectivity index (χ1) is 6.54. The van der Waals surface area contributed by atoms with Crippen molar-refractivity contribution in [1.82, 2.24) is 0 Å². The molecule has 0 bridgehead atoms. The van der Waals surface area contributed by atoms with Crippen molar-refractivity contribution < 1.29 is 0 Å². The fourth-order valence-electron chi connectivity index (χ4n) is 1.66. The fraction of sp³-hybridized carbons (Fsp3) is 1.00. The van der Waals surface area contributed by atoms with Crippen LogP contribution in [0, 0.1) is 0 Å². The van der Waals surface area contributed by atoms with Crippen LogP contribution in [0.4, 0.5) is 0 Å². The Morgan fingerprint density at radius 2 is 0.933 bits per heavy atom. The highest BCUT2D eigenvalue weighted by molar-refractivity contribution is 7.68. The van der Waals surface area contributed by atoms with Crippen molar-refractivity contribution in [3.05, 3.63) is 0 Å². The lowest BCUT2D eigenvalue weighted by molar-refractivity contribution is 1.22. The molecule has 0 aliphatic rings. The monoisotopic (exact) mass is 380 g/mol. The molecule has 0 N–H and O–H groups in total. The summed E-state index contributed by atoms with van der Waals surface area (Å²) in [6.07, 6.45) is 0. The van der Waals surface area contributed by atoms with Gasteiger partial charge in [-0.3, -0.25) is 0 Å². The van der Waals surface area contributed by atoms with E-state index < -0.39 is 20.1 Å². The van der Waals surface area contributed by atoms with Crippen molar-refractivity contribution in [2.45, 2.75) is 37.3 Å². The molecule has 0 aliphatic carbocycles. The van der Waals surface area contributed by atoms with Crippen molar-refractivity contribution in [2.24, 2.45) is 0 Å². The molecule has 0 amide bonds. The van der Waals surface area contributed by atoms with E-state index in [0.29, 0.717) is 11.3 Å². The Kier molecular flexibility index (Phi) is 7.57. The normalized spacial score (nSPS) is 14.4. The average Bonchev–Trinajstić information content (AvgIpc) is 1.98. The van der Waals surface area contributed by atoms with Crippen molar-refractivity contribution in [3.63, 3.8) is 0 Å². The highest BCUT2D eigenvalue weighted by atomic mass is 35.8. The zero-order valence-electron chi connectivity index (χ0n) is 8.60. The van der Waals surface area contributed by atoms with Crippen molar-refractivity contribution in [3.8, 4) is 0 Å². The molecule has 0 atom stereocenters. The van der Waals surface area contributed by atoms with Crippen LogP contribution in [-0.2, 0) is 0 Å². The highest BCUT2D eigenvalue weighted by Crippen LogP contribution is 2.41. The molecular formula is C6H14Cl6Si3. The summed E-state index contributed by atoms with van der Waals surface area (Å²) in [5, 5.41) is 0. The molecule has 0 aromatic heterocycles. The van der Waals surface area contributed by atoms with Crippen molar-refractivity contribution in [1.29, 1.82) is 0 Å². The molecule has 0 nitrogen and oxygen atoms in total. The van der Waals surface area contributed by atoms with Gasteiger partial charge in [0.25, 0.3) is 0 Å². The van der Waals surface area contributed by atoms with Gasteiger partial charge in [-0.1, -0.05) is 25.9 Å². The van der Waals surface area contributed by atoms with Gasteiger partial charge in [0, 0.05) is 0 Å². The molecule has 92 valence electrons. The molecular weight excluding hydrogens is 369 g/mol. The van der Waals surface area contributed by atoms with Crippen molar-refractivity contribution in [2.75, 3.05) is 0 Å². The van der Waals surface area contributed by atoms with Crippen LogP contribution < -0.4 is 0 Å². The Balaban J connectivity index is 4.74. The van der Waals surface area contributed by atoms with Gasteiger partial charge in [0.15, 0.2) is 0 Å². The van der Waals surface area contributed by atoms with Crippen LogP contribution in [0.3, 0.4) is 0 Å². The van der Waals surface area contributed by atoms with E-state index in [1.165, 1.54) is 0 Å². The molecule has 0 rings (SSSR count). The molecule has 0 fully saturated rings. The quantitative estimate of drug-likeness (QED) is 0.398. The third kappa shape index (κ3) is 8.16. The smallest absolute Gasteiger partial charge is 0.126 e. The maximum atomic E-state index is 5.99. The van der Waals surface area contributed by atoms with E-state index in [1.807, 2.05) is 0 Å². The van der Waals surface area contributed by atoms with Gasteiger partial charge in [0.2, 0.25) is 0 Å². The van der Waals surface area contributed by atoms with Crippen LogP contribution in [0.15, 0.2) is 0 Å². The number of hydrogen-bond acceptors (Lipinski definition) is 0. The van der Waals surface area contributed by atoms with Crippen LogP contribution in [0.1, 0.15) is 13.8 Å². The summed E-state index contributed by atoms with van der Waals surface area (Å²) in [7, 11) is -1.68. The number of hydrogen-bond donors (Lipinski definition) is 0. The van der Waals surface area contributed by atoms with Gasteiger partial charge in [0.1, 0.15) is 0 Å². The SMILES string of the molecule is CC[Si](CC)(C[Si](Cl)(Cl)Cl)C[Si](Cl)(Cl)Cl. The first-order valence-corrected chi connectivity index (χ1v) is 18.0. The Morgan fingerprint density at radius 3 is 1.07 bits per heavy atom. The van der Waals surface area contributed by atoms with E-state index in [4.69, 9.17) is 66.5 Å². The molecule has 0 aliphatic heterocycles. The second-order valence-electron chi connectivity index (χ2n) is 3.79. The molecule has 0 radical (unpaired) electrons. The number of rotatable bonds is 6. The molecule has 0 unspecified atom stereocenters. The third-order valence-corrected chi connectivity index (χ3v) is 22.1. The summed E-state index contributed by atoms with van der Waals surface area (Å²) in [6.45, 7) is 4.23. The van der Waals surface area contributed by atoms with Gasteiger partial charge in [-0.2, -0.15) is 0 Å². The van der Waals surface area contributed by atoms with Crippen LogP contribution >= 0.6 is 66.5 Å². The maximum absolute atomic E-state index is 5.99. The summed E-state index contributed by atoms with van der Waals surface area (Å²) in [5.74, 6) is 0. The molecule has 0 saturated carbocycles. The molecule has 0 saturated heterocycles. The Bertz CT molecular complexity index is 176. The van der Waals surface area contributed by atoms with E-state index in [2.05, 4.69) is 13.8 Å². The van der Waals surface area contributed by atoms with Gasteiger partial charge < -0.3 is 0 Å². The minimum absolute atomic E-state index is 0.707. The average molecular weight is 383 g/mol.